The van der Waals surface area contributed by atoms with Crippen molar-refractivity contribution >= 4 is 44.8 Å². The number of amides is 1. The molecule has 0 aliphatic carbocycles. The molecule has 1 aromatic carbocycles. The molecule has 0 unspecified atom stereocenters. The topological polar surface area (TPSA) is 75.6 Å². The molecule has 110 valence electrons. The maximum atomic E-state index is 12.1. The van der Waals surface area contributed by atoms with Gasteiger partial charge in [-0.15, -0.1) is 11.3 Å². The fraction of sp³-hybridized carbons (Fsp3) is 0.143. The number of aromatic hydroxyl groups is 1. The van der Waals surface area contributed by atoms with Gasteiger partial charge in [0, 0.05) is 5.38 Å². The molecule has 0 saturated carbocycles. The summed E-state index contributed by atoms with van der Waals surface area (Å²) < 4.78 is 5.09. The van der Waals surface area contributed by atoms with Crippen LogP contribution in [-0.4, -0.2) is 24.1 Å². The van der Waals surface area contributed by atoms with Crippen LogP contribution in [0.5, 0.6) is 5.75 Å². The third kappa shape index (κ3) is 3.43. The number of methoxy groups -OCH3 is 1. The predicted octanol–water partition coefficient (Wildman–Crippen LogP) is 3.56. The van der Waals surface area contributed by atoms with Gasteiger partial charge in [-0.2, -0.15) is 0 Å². The lowest BCUT2D eigenvalue weighted by molar-refractivity contribution is 0.0606. The normalized spacial score (nSPS) is 10.2. The van der Waals surface area contributed by atoms with Crippen LogP contribution < -0.4 is 5.32 Å². The van der Waals surface area contributed by atoms with Gasteiger partial charge in [0.25, 0.3) is 5.91 Å². The summed E-state index contributed by atoms with van der Waals surface area (Å²) in [6, 6.07) is 4.85. The molecular formula is C14H12BrNO4S. The number of thiophene rings is 1. The van der Waals surface area contributed by atoms with E-state index in [9.17, 15) is 14.7 Å². The maximum Gasteiger partial charge on any atom is 0.348 e. The number of benzene rings is 1. The number of carbonyl (C=O) groups is 2. The van der Waals surface area contributed by atoms with Crippen molar-refractivity contribution in [3.63, 3.8) is 0 Å². The van der Waals surface area contributed by atoms with E-state index in [1.165, 1.54) is 13.2 Å². The first kappa shape index (κ1) is 15.5. The molecule has 2 aromatic rings. The fourth-order valence-corrected chi connectivity index (χ4v) is 3.07. The van der Waals surface area contributed by atoms with E-state index < -0.39 is 11.9 Å². The second kappa shape index (κ2) is 6.28. The number of phenols is 1. The summed E-state index contributed by atoms with van der Waals surface area (Å²) in [4.78, 5) is 23.8. The number of nitrogens with one attached hydrogen (secondary N) is 1. The molecule has 0 fully saturated rings. The number of halogens is 1. The number of hydrogen-bond donors (Lipinski definition) is 2. The van der Waals surface area contributed by atoms with Crippen LogP contribution in [-0.2, 0) is 4.74 Å². The second-order valence-corrected chi connectivity index (χ2v) is 6.05. The van der Waals surface area contributed by atoms with Gasteiger partial charge in [0.1, 0.15) is 4.88 Å². The van der Waals surface area contributed by atoms with Crippen molar-refractivity contribution in [2.75, 3.05) is 12.4 Å². The van der Waals surface area contributed by atoms with E-state index >= 15 is 0 Å². The van der Waals surface area contributed by atoms with Crippen molar-refractivity contribution in [1.29, 1.82) is 0 Å². The minimum absolute atomic E-state index is 0.0441. The number of rotatable bonds is 3. The summed E-state index contributed by atoms with van der Waals surface area (Å²) >= 11 is 4.34. The average Bonchev–Trinajstić information content (AvgIpc) is 2.93. The molecule has 1 amide bonds. The maximum absolute atomic E-state index is 12.1. The van der Waals surface area contributed by atoms with Crippen LogP contribution in [0.2, 0.25) is 0 Å². The molecule has 1 heterocycles. The van der Waals surface area contributed by atoms with E-state index in [1.807, 2.05) is 6.92 Å². The molecular weight excluding hydrogens is 358 g/mol. The number of esters is 1. The summed E-state index contributed by atoms with van der Waals surface area (Å²) in [7, 11) is 1.28. The van der Waals surface area contributed by atoms with Crippen molar-refractivity contribution in [2.24, 2.45) is 0 Å². The SMILES string of the molecule is COC(=O)c1cc(C(=O)Nc2cc(C)cc(Br)c2O)cs1. The molecule has 0 aliphatic heterocycles. The van der Waals surface area contributed by atoms with E-state index in [4.69, 9.17) is 0 Å². The Balaban J connectivity index is 2.22. The zero-order valence-electron chi connectivity index (χ0n) is 11.3. The van der Waals surface area contributed by atoms with Gasteiger partial charge in [0.2, 0.25) is 0 Å². The number of anilines is 1. The van der Waals surface area contributed by atoms with Gasteiger partial charge in [-0.05, 0) is 46.6 Å². The first-order chi connectivity index (χ1) is 9.92. The Bertz CT molecular complexity index is 711. The fourth-order valence-electron chi connectivity index (χ4n) is 1.69. The summed E-state index contributed by atoms with van der Waals surface area (Å²) in [6.45, 7) is 1.85. The summed E-state index contributed by atoms with van der Waals surface area (Å²) in [5, 5.41) is 14.1. The van der Waals surface area contributed by atoms with E-state index in [0.717, 1.165) is 16.9 Å². The third-order valence-electron chi connectivity index (χ3n) is 2.70. The third-order valence-corrected chi connectivity index (χ3v) is 4.22. The minimum atomic E-state index is -0.486. The Morgan fingerprint density at radius 3 is 2.71 bits per heavy atom. The molecule has 0 saturated heterocycles. The van der Waals surface area contributed by atoms with Gasteiger partial charge in [-0.25, -0.2) is 4.79 Å². The van der Waals surface area contributed by atoms with Crippen LogP contribution in [0.15, 0.2) is 28.1 Å². The summed E-state index contributed by atoms with van der Waals surface area (Å²) in [5.74, 6) is -0.938. The lowest BCUT2D eigenvalue weighted by Crippen LogP contribution is -2.11. The van der Waals surface area contributed by atoms with Crippen molar-refractivity contribution in [3.8, 4) is 5.75 Å². The molecule has 0 atom stereocenters. The van der Waals surface area contributed by atoms with Crippen LogP contribution in [0.4, 0.5) is 5.69 Å². The Morgan fingerprint density at radius 1 is 1.33 bits per heavy atom. The van der Waals surface area contributed by atoms with E-state index in [2.05, 4.69) is 26.0 Å². The molecule has 0 spiro atoms. The van der Waals surface area contributed by atoms with Crippen LogP contribution in [0.1, 0.15) is 25.6 Å². The van der Waals surface area contributed by atoms with Gasteiger partial charge < -0.3 is 15.2 Å². The molecule has 1 aromatic heterocycles. The van der Waals surface area contributed by atoms with Gasteiger partial charge in [0.05, 0.1) is 22.8 Å². The monoisotopic (exact) mass is 369 g/mol. The zero-order chi connectivity index (χ0) is 15.6. The minimum Gasteiger partial charge on any atom is -0.505 e. The van der Waals surface area contributed by atoms with Crippen molar-refractivity contribution in [2.45, 2.75) is 6.92 Å². The largest absolute Gasteiger partial charge is 0.505 e. The van der Waals surface area contributed by atoms with Crippen molar-refractivity contribution < 1.29 is 19.4 Å². The quantitative estimate of drug-likeness (QED) is 0.640. The number of phenolic OH excluding ortho intramolecular Hbond substituents is 1. The Morgan fingerprint density at radius 2 is 2.05 bits per heavy atom. The first-order valence-corrected chi connectivity index (χ1v) is 7.57. The molecule has 0 aliphatic rings. The lowest BCUT2D eigenvalue weighted by Gasteiger charge is -2.09. The van der Waals surface area contributed by atoms with E-state index in [-0.39, 0.29) is 5.75 Å². The Kier molecular flexibility index (Phi) is 4.64. The van der Waals surface area contributed by atoms with Crippen LogP contribution >= 0.6 is 27.3 Å². The highest BCUT2D eigenvalue weighted by atomic mass is 79.9. The first-order valence-electron chi connectivity index (χ1n) is 5.89. The van der Waals surface area contributed by atoms with Gasteiger partial charge in [0.15, 0.2) is 5.75 Å². The smallest absolute Gasteiger partial charge is 0.348 e. The standard InChI is InChI=1S/C14H12BrNO4S/c1-7-3-9(15)12(17)10(4-7)16-13(18)8-5-11(21-6-8)14(19)20-2/h3-6,17H,1-2H3,(H,16,18). The Hall–Kier alpha value is -1.86. The number of aryl methyl sites for hydroxylation is 1. The highest BCUT2D eigenvalue weighted by Gasteiger charge is 2.16. The molecule has 7 heteroatoms. The van der Waals surface area contributed by atoms with Crippen molar-refractivity contribution in [1.82, 2.24) is 0 Å². The number of carbonyl (C=O) groups excluding carboxylic acids is 2. The van der Waals surface area contributed by atoms with Crippen LogP contribution in [0, 0.1) is 6.92 Å². The highest BCUT2D eigenvalue weighted by molar-refractivity contribution is 9.10. The predicted molar refractivity (Wildman–Crippen MR) is 84.2 cm³/mol. The van der Waals surface area contributed by atoms with E-state index in [0.29, 0.717) is 20.6 Å². The number of ether oxygens (including phenoxy) is 1. The summed E-state index contributed by atoms with van der Waals surface area (Å²) in [6.07, 6.45) is 0. The van der Waals surface area contributed by atoms with Crippen LogP contribution in [0.3, 0.4) is 0 Å². The van der Waals surface area contributed by atoms with Gasteiger partial charge in [-0.1, -0.05) is 0 Å². The molecule has 21 heavy (non-hydrogen) atoms. The average molecular weight is 370 g/mol. The number of hydrogen-bond acceptors (Lipinski definition) is 5. The molecule has 5 nitrogen and oxygen atoms in total. The van der Waals surface area contributed by atoms with Gasteiger partial charge in [-0.3, -0.25) is 4.79 Å². The van der Waals surface area contributed by atoms with E-state index in [1.54, 1.807) is 17.5 Å². The molecule has 2 rings (SSSR count). The highest BCUT2D eigenvalue weighted by Crippen LogP contribution is 2.33. The zero-order valence-corrected chi connectivity index (χ0v) is 13.7. The van der Waals surface area contributed by atoms with Crippen LogP contribution in [0.25, 0.3) is 0 Å². The second-order valence-electron chi connectivity index (χ2n) is 4.29. The lowest BCUT2D eigenvalue weighted by atomic mass is 10.2. The van der Waals surface area contributed by atoms with Crippen molar-refractivity contribution in [3.05, 3.63) is 44.1 Å². The molecule has 2 N–H and O–H groups in total. The van der Waals surface area contributed by atoms with Gasteiger partial charge >= 0.3 is 5.97 Å². The Labute approximate surface area is 133 Å². The molecule has 0 bridgehead atoms. The molecule has 0 radical (unpaired) electrons. The summed E-state index contributed by atoms with van der Waals surface area (Å²) in [5.41, 5.74) is 1.52.